The number of nitrogens with zero attached hydrogens (tertiary/aromatic N) is 1. The van der Waals surface area contributed by atoms with E-state index in [1.807, 2.05) is 0 Å². The Morgan fingerprint density at radius 3 is 2.48 bits per heavy atom. The highest BCUT2D eigenvalue weighted by atomic mass is 19.1. The van der Waals surface area contributed by atoms with Gasteiger partial charge in [0.2, 0.25) is 0 Å². The molecule has 0 atom stereocenters. The smallest absolute Gasteiger partial charge is 0.322 e. The largest absolute Gasteiger partial charge is 0.481 e. The van der Waals surface area contributed by atoms with E-state index < -0.39 is 23.4 Å². The molecule has 0 saturated heterocycles. The maximum Gasteiger partial charge on any atom is 0.322 e. The normalized spacial score (nSPS) is 11.1. The zero-order valence-corrected chi connectivity index (χ0v) is 12.7. The minimum atomic E-state index is -0.987. The Morgan fingerprint density at radius 2 is 1.95 bits per heavy atom. The first-order valence-electron chi connectivity index (χ1n) is 6.68. The van der Waals surface area contributed by atoms with Crippen LogP contribution in [0.2, 0.25) is 0 Å². The van der Waals surface area contributed by atoms with Crippen LogP contribution < -0.4 is 5.32 Å². The van der Waals surface area contributed by atoms with Crippen LogP contribution in [0.15, 0.2) is 18.2 Å². The molecule has 1 rings (SSSR count). The van der Waals surface area contributed by atoms with Crippen molar-refractivity contribution >= 4 is 17.7 Å². The second kappa shape index (κ2) is 6.56. The van der Waals surface area contributed by atoms with Crippen LogP contribution in [0.25, 0.3) is 0 Å². The Kier molecular flexibility index (Phi) is 5.29. The molecular formula is C15H21FN2O3. The van der Waals surface area contributed by atoms with E-state index in [0.717, 1.165) is 5.56 Å². The van der Waals surface area contributed by atoms with Gasteiger partial charge in [-0.05, 0) is 45.4 Å². The van der Waals surface area contributed by atoms with E-state index in [0.29, 0.717) is 0 Å². The summed E-state index contributed by atoms with van der Waals surface area (Å²) in [4.78, 5) is 24.4. The Hall–Kier alpha value is -2.11. The van der Waals surface area contributed by atoms with Gasteiger partial charge in [-0.1, -0.05) is 6.07 Å². The maximum absolute atomic E-state index is 13.7. The quantitative estimate of drug-likeness (QED) is 0.896. The lowest BCUT2D eigenvalue weighted by molar-refractivity contribution is -0.137. The zero-order valence-electron chi connectivity index (χ0n) is 12.7. The van der Waals surface area contributed by atoms with Crippen LogP contribution >= 0.6 is 0 Å². The molecule has 0 unspecified atom stereocenters. The number of amides is 2. The Bertz CT molecular complexity index is 538. The Morgan fingerprint density at radius 1 is 1.33 bits per heavy atom. The van der Waals surface area contributed by atoms with Gasteiger partial charge in [0.1, 0.15) is 5.82 Å². The molecule has 116 valence electrons. The van der Waals surface area contributed by atoms with Crippen molar-refractivity contribution in [3.63, 3.8) is 0 Å². The van der Waals surface area contributed by atoms with Gasteiger partial charge in [0.25, 0.3) is 0 Å². The lowest BCUT2D eigenvalue weighted by Crippen LogP contribution is -2.48. The van der Waals surface area contributed by atoms with E-state index in [4.69, 9.17) is 5.11 Å². The summed E-state index contributed by atoms with van der Waals surface area (Å²) < 4.78 is 13.7. The minimum absolute atomic E-state index is 0.0537. The van der Waals surface area contributed by atoms with Gasteiger partial charge in [-0.15, -0.1) is 0 Å². The van der Waals surface area contributed by atoms with Gasteiger partial charge >= 0.3 is 12.0 Å². The van der Waals surface area contributed by atoms with Crippen LogP contribution in [-0.4, -0.2) is 34.1 Å². The molecule has 1 aromatic carbocycles. The number of carboxylic acids is 1. The Balaban J connectivity index is 2.90. The Labute approximate surface area is 123 Å². The monoisotopic (exact) mass is 296 g/mol. The number of anilines is 1. The first kappa shape index (κ1) is 16.9. The number of nitrogens with one attached hydrogen (secondary N) is 1. The summed E-state index contributed by atoms with van der Waals surface area (Å²) in [5.41, 5.74) is 0.337. The van der Waals surface area contributed by atoms with Gasteiger partial charge in [0.05, 0.1) is 12.1 Å². The maximum atomic E-state index is 13.7. The number of carbonyl (C=O) groups is 2. The van der Waals surface area contributed by atoms with E-state index >= 15 is 0 Å². The highest BCUT2D eigenvalue weighted by Gasteiger charge is 2.27. The molecule has 6 heteroatoms. The lowest BCUT2D eigenvalue weighted by Gasteiger charge is -2.35. The van der Waals surface area contributed by atoms with Crippen molar-refractivity contribution in [1.82, 2.24) is 4.90 Å². The minimum Gasteiger partial charge on any atom is -0.481 e. The predicted molar refractivity (Wildman–Crippen MR) is 78.9 cm³/mol. The molecule has 0 bridgehead atoms. The standard InChI is InChI=1S/C15H21FN2O3/c1-10-5-6-11(16)12(9-10)17-14(21)18(15(2,3)4)8-7-13(19)20/h5-6,9H,7-8H2,1-4H3,(H,17,21)(H,19,20). The van der Waals surface area contributed by atoms with Crippen molar-refractivity contribution in [2.45, 2.75) is 39.7 Å². The first-order chi connectivity index (χ1) is 9.61. The summed E-state index contributed by atoms with van der Waals surface area (Å²) >= 11 is 0. The number of urea groups is 1. The van der Waals surface area contributed by atoms with Crippen molar-refractivity contribution in [3.05, 3.63) is 29.6 Å². The van der Waals surface area contributed by atoms with E-state index in [-0.39, 0.29) is 18.7 Å². The van der Waals surface area contributed by atoms with E-state index in [1.165, 1.54) is 17.0 Å². The van der Waals surface area contributed by atoms with Crippen molar-refractivity contribution in [2.24, 2.45) is 0 Å². The number of carbonyl (C=O) groups excluding carboxylic acids is 1. The predicted octanol–water partition coefficient (Wildman–Crippen LogP) is 3.24. The molecule has 0 aliphatic heterocycles. The van der Waals surface area contributed by atoms with Crippen molar-refractivity contribution in [2.75, 3.05) is 11.9 Å². The summed E-state index contributed by atoms with van der Waals surface area (Å²) in [5, 5.41) is 11.3. The second-order valence-corrected chi connectivity index (χ2v) is 5.88. The molecule has 0 radical (unpaired) electrons. The zero-order chi connectivity index (χ0) is 16.2. The third-order valence-electron chi connectivity index (χ3n) is 2.97. The molecule has 1 aromatic rings. The average Bonchev–Trinajstić information content (AvgIpc) is 2.32. The van der Waals surface area contributed by atoms with Gasteiger partial charge in [-0.25, -0.2) is 9.18 Å². The molecule has 0 aliphatic rings. The van der Waals surface area contributed by atoms with E-state index in [2.05, 4.69) is 5.32 Å². The number of hydrogen-bond acceptors (Lipinski definition) is 2. The van der Waals surface area contributed by atoms with Gasteiger partial charge in [0, 0.05) is 12.1 Å². The van der Waals surface area contributed by atoms with Crippen LogP contribution in [0.1, 0.15) is 32.8 Å². The van der Waals surface area contributed by atoms with Gasteiger partial charge in [0.15, 0.2) is 0 Å². The van der Waals surface area contributed by atoms with E-state index in [1.54, 1.807) is 33.8 Å². The molecule has 0 heterocycles. The molecule has 5 nitrogen and oxygen atoms in total. The fourth-order valence-electron chi connectivity index (χ4n) is 1.87. The highest BCUT2D eigenvalue weighted by molar-refractivity contribution is 5.90. The fraction of sp³-hybridized carbons (Fsp3) is 0.467. The summed E-state index contributed by atoms with van der Waals surface area (Å²) in [6, 6.07) is 3.90. The van der Waals surface area contributed by atoms with Gasteiger partial charge in [-0.3, -0.25) is 4.79 Å². The number of benzene rings is 1. The van der Waals surface area contributed by atoms with Crippen molar-refractivity contribution in [3.8, 4) is 0 Å². The van der Waals surface area contributed by atoms with E-state index in [9.17, 15) is 14.0 Å². The summed E-state index contributed by atoms with van der Waals surface area (Å²) in [6.07, 6.45) is -0.166. The fourth-order valence-corrected chi connectivity index (χ4v) is 1.87. The summed E-state index contributed by atoms with van der Waals surface area (Å²) in [5.74, 6) is -1.51. The third-order valence-corrected chi connectivity index (χ3v) is 2.97. The topological polar surface area (TPSA) is 69.6 Å². The number of rotatable bonds is 4. The number of halogens is 1. The van der Waals surface area contributed by atoms with Gasteiger partial charge in [-0.2, -0.15) is 0 Å². The molecule has 0 aliphatic carbocycles. The highest BCUT2D eigenvalue weighted by Crippen LogP contribution is 2.19. The molecule has 0 spiro atoms. The molecule has 21 heavy (non-hydrogen) atoms. The van der Waals surface area contributed by atoms with Crippen molar-refractivity contribution in [1.29, 1.82) is 0 Å². The number of hydrogen-bond donors (Lipinski definition) is 2. The molecule has 2 N–H and O–H groups in total. The average molecular weight is 296 g/mol. The molecule has 0 fully saturated rings. The molecule has 0 aromatic heterocycles. The summed E-state index contributed by atoms with van der Waals surface area (Å²) in [7, 11) is 0. The SMILES string of the molecule is Cc1ccc(F)c(NC(=O)N(CCC(=O)O)C(C)(C)C)c1. The summed E-state index contributed by atoms with van der Waals surface area (Å²) in [6.45, 7) is 7.22. The van der Waals surface area contributed by atoms with Crippen LogP contribution in [-0.2, 0) is 4.79 Å². The number of aliphatic carboxylic acids is 1. The molecule has 0 saturated carbocycles. The third kappa shape index (κ3) is 5.06. The van der Waals surface area contributed by atoms with Crippen molar-refractivity contribution < 1.29 is 19.1 Å². The van der Waals surface area contributed by atoms with Crippen LogP contribution in [0.3, 0.4) is 0 Å². The van der Waals surface area contributed by atoms with Crippen LogP contribution in [0, 0.1) is 12.7 Å². The van der Waals surface area contributed by atoms with Crippen LogP contribution in [0.4, 0.5) is 14.9 Å². The number of aryl methyl sites for hydroxylation is 1. The van der Waals surface area contributed by atoms with Crippen LogP contribution in [0.5, 0.6) is 0 Å². The second-order valence-electron chi connectivity index (χ2n) is 5.88. The first-order valence-corrected chi connectivity index (χ1v) is 6.68. The lowest BCUT2D eigenvalue weighted by atomic mass is 10.1. The molecule has 2 amide bonds. The van der Waals surface area contributed by atoms with Gasteiger partial charge < -0.3 is 15.3 Å². The molecular weight excluding hydrogens is 275 g/mol. The number of carboxylic acid groups (broad SMARTS) is 1.